The van der Waals surface area contributed by atoms with Gasteiger partial charge in [0.15, 0.2) is 17.0 Å². The standard InChI is InChI=1S/C6H6ClN3O3/c1-3(11)5(7)10-4(6(12)13)2-8-9-10/h2,5H,1H3,(H,12,13). The van der Waals surface area contributed by atoms with Crippen LogP contribution in [0, 0.1) is 0 Å². The number of alkyl halides is 1. The van der Waals surface area contributed by atoms with Crippen LogP contribution in [0.25, 0.3) is 0 Å². The third-order valence-electron chi connectivity index (χ3n) is 1.34. The predicted molar refractivity (Wildman–Crippen MR) is 42.6 cm³/mol. The minimum Gasteiger partial charge on any atom is -0.476 e. The SMILES string of the molecule is CC(=O)C(Cl)n1nncc1C(=O)O. The lowest BCUT2D eigenvalue weighted by Crippen LogP contribution is -2.17. The van der Waals surface area contributed by atoms with Crippen LogP contribution in [0.1, 0.15) is 22.9 Å². The number of Topliss-reactive ketones (excluding diaryl/α,β-unsaturated/α-hetero) is 1. The summed E-state index contributed by atoms with van der Waals surface area (Å²) < 4.78 is 0.853. The Hall–Kier alpha value is -1.43. The molecule has 1 unspecified atom stereocenters. The number of carboxylic acids is 1. The van der Waals surface area contributed by atoms with Gasteiger partial charge in [-0.1, -0.05) is 16.8 Å². The quantitative estimate of drug-likeness (QED) is 0.715. The second-order valence-electron chi connectivity index (χ2n) is 2.32. The zero-order chi connectivity index (χ0) is 10.0. The monoisotopic (exact) mass is 203 g/mol. The molecular weight excluding hydrogens is 198 g/mol. The molecule has 0 aliphatic rings. The molecule has 0 bridgehead atoms. The topological polar surface area (TPSA) is 85.1 Å². The third-order valence-corrected chi connectivity index (χ3v) is 1.84. The maximum atomic E-state index is 10.8. The van der Waals surface area contributed by atoms with Gasteiger partial charge < -0.3 is 5.11 Å². The molecule has 1 heterocycles. The number of aromatic carboxylic acids is 1. The van der Waals surface area contributed by atoms with Crippen molar-refractivity contribution in [1.82, 2.24) is 15.0 Å². The molecule has 0 spiro atoms. The Kier molecular flexibility index (Phi) is 2.62. The van der Waals surface area contributed by atoms with Gasteiger partial charge in [0.1, 0.15) is 0 Å². The Morgan fingerprint density at radius 1 is 1.69 bits per heavy atom. The van der Waals surface area contributed by atoms with Gasteiger partial charge in [-0.15, -0.1) is 5.10 Å². The Bertz CT molecular complexity index is 349. The van der Waals surface area contributed by atoms with E-state index in [1.54, 1.807) is 0 Å². The first-order valence-corrected chi connectivity index (χ1v) is 3.75. The van der Waals surface area contributed by atoms with Crippen molar-refractivity contribution in [2.24, 2.45) is 0 Å². The highest BCUT2D eigenvalue weighted by atomic mass is 35.5. The zero-order valence-corrected chi connectivity index (χ0v) is 7.39. The van der Waals surface area contributed by atoms with Gasteiger partial charge >= 0.3 is 5.97 Å². The number of ketones is 1. The van der Waals surface area contributed by atoms with Crippen LogP contribution >= 0.6 is 11.6 Å². The number of carbonyl (C=O) groups excluding carboxylic acids is 1. The average molecular weight is 204 g/mol. The molecule has 7 heteroatoms. The summed E-state index contributed by atoms with van der Waals surface area (Å²) in [6.45, 7) is 1.24. The molecule has 1 N–H and O–H groups in total. The highest BCUT2D eigenvalue weighted by Crippen LogP contribution is 2.13. The first kappa shape index (κ1) is 9.66. The molecule has 1 rings (SSSR count). The van der Waals surface area contributed by atoms with Gasteiger partial charge in [-0.2, -0.15) is 0 Å². The Labute approximate surface area is 78.1 Å². The van der Waals surface area contributed by atoms with Gasteiger partial charge in [0.25, 0.3) is 0 Å². The number of hydrogen-bond acceptors (Lipinski definition) is 4. The Balaban J connectivity index is 3.07. The molecule has 6 nitrogen and oxygen atoms in total. The summed E-state index contributed by atoms with van der Waals surface area (Å²) in [5, 5.41) is 15.3. The number of carbonyl (C=O) groups is 2. The molecule has 0 radical (unpaired) electrons. The van der Waals surface area contributed by atoms with Gasteiger partial charge in [-0.25, -0.2) is 9.48 Å². The van der Waals surface area contributed by atoms with Crippen molar-refractivity contribution in [3.63, 3.8) is 0 Å². The summed E-state index contributed by atoms with van der Waals surface area (Å²) in [5.74, 6) is -1.62. The molecule has 0 aromatic carbocycles. The van der Waals surface area contributed by atoms with E-state index in [4.69, 9.17) is 16.7 Å². The molecule has 0 saturated carbocycles. The molecule has 0 amide bonds. The maximum absolute atomic E-state index is 10.8. The fourth-order valence-corrected chi connectivity index (χ4v) is 0.881. The van der Waals surface area contributed by atoms with Crippen LogP contribution < -0.4 is 0 Å². The molecule has 70 valence electrons. The number of carboxylic acid groups (broad SMARTS) is 1. The summed E-state index contributed by atoms with van der Waals surface area (Å²) in [5.41, 5.74) is -1.33. The van der Waals surface area contributed by atoms with Crippen molar-refractivity contribution >= 4 is 23.4 Å². The lowest BCUT2D eigenvalue weighted by Gasteiger charge is -2.05. The van der Waals surface area contributed by atoms with Gasteiger partial charge in [-0.05, 0) is 6.92 Å². The fraction of sp³-hybridized carbons (Fsp3) is 0.333. The smallest absolute Gasteiger partial charge is 0.355 e. The van der Waals surface area contributed by atoms with Gasteiger partial charge in [0.05, 0.1) is 6.20 Å². The van der Waals surface area contributed by atoms with E-state index in [2.05, 4.69) is 10.3 Å². The van der Waals surface area contributed by atoms with Crippen molar-refractivity contribution < 1.29 is 14.7 Å². The largest absolute Gasteiger partial charge is 0.476 e. The zero-order valence-electron chi connectivity index (χ0n) is 6.64. The number of rotatable bonds is 3. The summed E-state index contributed by atoms with van der Waals surface area (Å²) in [6, 6.07) is 0. The van der Waals surface area contributed by atoms with Crippen LogP contribution in [-0.2, 0) is 4.79 Å². The van der Waals surface area contributed by atoms with Crippen LogP contribution in [0.15, 0.2) is 6.20 Å². The van der Waals surface area contributed by atoms with E-state index in [1.165, 1.54) is 6.92 Å². The lowest BCUT2D eigenvalue weighted by molar-refractivity contribution is -0.118. The third kappa shape index (κ3) is 1.83. The molecule has 1 aromatic heterocycles. The van der Waals surface area contributed by atoms with E-state index in [0.717, 1.165) is 10.9 Å². The van der Waals surface area contributed by atoms with E-state index in [9.17, 15) is 9.59 Å². The highest BCUT2D eigenvalue weighted by molar-refractivity contribution is 6.28. The van der Waals surface area contributed by atoms with Crippen molar-refractivity contribution in [2.75, 3.05) is 0 Å². The number of hydrogen-bond donors (Lipinski definition) is 1. The normalized spacial score (nSPS) is 12.5. The van der Waals surface area contributed by atoms with Crippen molar-refractivity contribution in [3.8, 4) is 0 Å². The second kappa shape index (κ2) is 3.53. The van der Waals surface area contributed by atoms with E-state index < -0.39 is 17.3 Å². The van der Waals surface area contributed by atoms with Gasteiger partial charge in [0, 0.05) is 0 Å². The molecule has 0 saturated heterocycles. The average Bonchev–Trinajstić information content (AvgIpc) is 2.50. The summed E-state index contributed by atoms with van der Waals surface area (Å²) >= 11 is 5.58. The van der Waals surface area contributed by atoms with E-state index in [1.807, 2.05) is 0 Å². The molecule has 0 aliphatic carbocycles. The van der Waals surface area contributed by atoms with Gasteiger partial charge in [0.2, 0.25) is 0 Å². The molecule has 0 aliphatic heterocycles. The minimum absolute atomic E-state index is 0.213. The Morgan fingerprint density at radius 2 is 2.31 bits per heavy atom. The summed E-state index contributed by atoms with van der Waals surface area (Å²) in [6.07, 6.45) is 1.03. The molecule has 13 heavy (non-hydrogen) atoms. The van der Waals surface area contributed by atoms with Crippen molar-refractivity contribution in [1.29, 1.82) is 0 Å². The molecular formula is C6H6ClN3O3. The molecule has 0 fully saturated rings. The van der Waals surface area contributed by atoms with Crippen LogP contribution in [0.2, 0.25) is 0 Å². The van der Waals surface area contributed by atoms with E-state index in [-0.39, 0.29) is 5.69 Å². The number of aromatic nitrogens is 3. The van der Waals surface area contributed by atoms with Crippen LogP contribution in [0.3, 0.4) is 0 Å². The summed E-state index contributed by atoms with van der Waals surface area (Å²) in [4.78, 5) is 21.3. The fourth-order valence-electron chi connectivity index (χ4n) is 0.736. The first-order chi connectivity index (χ1) is 6.04. The van der Waals surface area contributed by atoms with Crippen molar-refractivity contribution in [2.45, 2.75) is 12.4 Å². The van der Waals surface area contributed by atoms with Gasteiger partial charge in [-0.3, -0.25) is 4.79 Å². The summed E-state index contributed by atoms with van der Waals surface area (Å²) in [7, 11) is 0. The highest BCUT2D eigenvalue weighted by Gasteiger charge is 2.20. The van der Waals surface area contributed by atoms with E-state index in [0.29, 0.717) is 0 Å². The van der Waals surface area contributed by atoms with E-state index >= 15 is 0 Å². The Morgan fingerprint density at radius 3 is 2.77 bits per heavy atom. The van der Waals surface area contributed by atoms with Crippen molar-refractivity contribution in [3.05, 3.63) is 11.9 Å². The number of halogens is 1. The number of nitrogens with zero attached hydrogens (tertiary/aromatic N) is 3. The minimum atomic E-state index is -1.23. The lowest BCUT2D eigenvalue weighted by atomic mass is 10.4. The molecule has 1 aromatic rings. The second-order valence-corrected chi connectivity index (χ2v) is 2.73. The van der Waals surface area contributed by atoms with Crippen LogP contribution in [0.5, 0.6) is 0 Å². The first-order valence-electron chi connectivity index (χ1n) is 3.32. The predicted octanol–water partition coefficient (Wildman–Crippen LogP) is 0.303. The van der Waals surface area contributed by atoms with Crippen LogP contribution in [-0.4, -0.2) is 31.9 Å². The maximum Gasteiger partial charge on any atom is 0.355 e. The molecule has 1 atom stereocenters. The van der Waals surface area contributed by atoms with Crippen LogP contribution in [0.4, 0.5) is 0 Å².